The van der Waals surface area contributed by atoms with Crippen molar-refractivity contribution in [2.24, 2.45) is 5.92 Å². The van der Waals surface area contributed by atoms with Gasteiger partial charge < -0.3 is 39.4 Å². The average molecular weight is 636 g/mol. The molecular weight excluding hydrogens is 594 g/mol. The minimum Gasteiger partial charge on any atom is -0.504 e. The van der Waals surface area contributed by atoms with Gasteiger partial charge in [-0.05, 0) is 99.0 Å². The fraction of sp³-hybridized carbons (Fsp3) is 0.579. The summed E-state index contributed by atoms with van der Waals surface area (Å²) in [6.45, 7) is 2.83. The Balaban J connectivity index is 1.10. The summed E-state index contributed by atoms with van der Waals surface area (Å²) in [6, 6.07) is 7.94. The van der Waals surface area contributed by atoms with Crippen molar-refractivity contribution in [3.05, 3.63) is 69.0 Å². The average Bonchev–Trinajstić information content (AvgIpc) is 3.55. The van der Waals surface area contributed by atoms with Gasteiger partial charge in [0.15, 0.2) is 35.2 Å². The van der Waals surface area contributed by atoms with Crippen LogP contribution in [0, 0.1) is 5.92 Å². The molecule has 1 saturated carbocycles. The second kappa shape index (κ2) is 7.96. The van der Waals surface area contributed by atoms with E-state index >= 15 is 0 Å². The van der Waals surface area contributed by atoms with Crippen LogP contribution in [0.3, 0.4) is 0 Å². The van der Waals surface area contributed by atoms with Crippen molar-refractivity contribution in [1.82, 2.24) is 14.8 Å². The number of phenols is 1. The Morgan fingerprint density at radius 1 is 0.851 bits per heavy atom. The summed E-state index contributed by atoms with van der Waals surface area (Å²) in [5, 5.41) is 37.8. The number of nitrogens with one attached hydrogen (secondary N) is 1. The van der Waals surface area contributed by atoms with Crippen LogP contribution < -0.4 is 14.2 Å². The Hall–Kier alpha value is -3.24. The molecule has 9 nitrogen and oxygen atoms in total. The van der Waals surface area contributed by atoms with Gasteiger partial charge in [-0.25, -0.2) is 0 Å². The van der Waals surface area contributed by atoms with Gasteiger partial charge in [0.25, 0.3) is 0 Å². The molecule has 2 saturated heterocycles. The minimum atomic E-state index is -1.09. The van der Waals surface area contributed by atoms with Crippen LogP contribution in [0.4, 0.5) is 0 Å². The first-order chi connectivity index (χ1) is 22.7. The van der Waals surface area contributed by atoms with Crippen molar-refractivity contribution in [1.29, 1.82) is 0 Å². The molecule has 9 heteroatoms. The van der Waals surface area contributed by atoms with Crippen LogP contribution in [0.15, 0.2) is 24.3 Å². The summed E-state index contributed by atoms with van der Waals surface area (Å²) in [7, 11) is 3.83. The highest BCUT2D eigenvalue weighted by Crippen LogP contribution is 2.72. The zero-order chi connectivity index (χ0) is 31.4. The van der Waals surface area contributed by atoms with Crippen molar-refractivity contribution in [2.45, 2.75) is 97.7 Å². The second-order valence-corrected chi connectivity index (χ2v) is 16.5. The summed E-state index contributed by atoms with van der Waals surface area (Å²) in [5.41, 5.74) is 5.37. The monoisotopic (exact) mass is 635 g/mol. The van der Waals surface area contributed by atoms with Crippen molar-refractivity contribution in [2.75, 3.05) is 33.8 Å². The Morgan fingerprint density at radius 3 is 2.17 bits per heavy atom. The Bertz CT molecular complexity index is 1970. The highest BCUT2D eigenvalue weighted by atomic mass is 16.5. The molecule has 3 fully saturated rings. The number of piperidine rings is 2. The molecule has 8 atom stereocenters. The van der Waals surface area contributed by atoms with E-state index in [0.29, 0.717) is 25.0 Å². The zero-order valence-corrected chi connectivity index (χ0v) is 26.9. The van der Waals surface area contributed by atoms with E-state index in [4.69, 9.17) is 14.2 Å². The molecule has 4 bridgehead atoms. The van der Waals surface area contributed by atoms with Crippen LogP contribution in [0.5, 0.6) is 23.0 Å². The molecular formula is C38H41N3O6. The number of phenolic OH excluding ortho intramolecular Hbond substituents is 1. The van der Waals surface area contributed by atoms with Crippen LogP contribution in [0.25, 0.3) is 0 Å². The van der Waals surface area contributed by atoms with Gasteiger partial charge in [0.2, 0.25) is 0 Å². The molecule has 4 aliphatic heterocycles. The topological polar surface area (TPSA) is 111 Å². The van der Waals surface area contributed by atoms with E-state index in [2.05, 4.69) is 27.9 Å². The number of likely N-dealkylation sites (N-methyl/N-ethyl adjacent to an activating group) is 1. The maximum Gasteiger partial charge on any atom is 0.166 e. The number of aliphatic hydroxyl groups is 2. The Morgan fingerprint density at radius 2 is 1.47 bits per heavy atom. The van der Waals surface area contributed by atoms with Crippen molar-refractivity contribution in [3.63, 3.8) is 0 Å². The van der Waals surface area contributed by atoms with E-state index in [1.54, 1.807) is 13.2 Å². The zero-order valence-electron chi connectivity index (χ0n) is 26.9. The molecule has 1 aromatic heterocycles. The molecule has 244 valence electrons. The number of fused-ring (bicyclic) bond motifs is 5. The lowest BCUT2D eigenvalue weighted by Crippen LogP contribution is -2.75. The van der Waals surface area contributed by atoms with Crippen LogP contribution in [0.1, 0.15) is 82.7 Å². The molecule has 5 heterocycles. The molecule has 2 spiro atoms. The fourth-order valence-electron chi connectivity index (χ4n) is 12.8. The number of hydrogen-bond acceptors (Lipinski definition) is 8. The molecule has 0 radical (unpaired) electrons. The Kier molecular flexibility index (Phi) is 4.52. The SMILES string of the molecule is COc1ccc2c3c1O[C@H]1c4[nH]c5c(c4C[C@@]4(O)[C@H](C2)N(CC2CC2)CC[C@]314)C[C@@]1(O)[C@H]2Cc3ccc(O)c4c3[C@@]1(CCN2C)[C@H]5O4. The number of hydrogen-bond donors (Lipinski definition) is 4. The molecule has 0 unspecified atom stereocenters. The largest absolute Gasteiger partial charge is 0.504 e. The normalized spacial score (nSPS) is 40.9. The third-order valence-electron chi connectivity index (χ3n) is 14.9. The van der Waals surface area contributed by atoms with E-state index in [1.165, 1.54) is 24.0 Å². The van der Waals surface area contributed by atoms with E-state index in [9.17, 15) is 15.3 Å². The summed E-state index contributed by atoms with van der Waals surface area (Å²) < 4.78 is 19.9. The smallest absolute Gasteiger partial charge is 0.166 e. The van der Waals surface area contributed by atoms with Crippen molar-refractivity contribution in [3.8, 4) is 23.0 Å². The summed E-state index contributed by atoms with van der Waals surface area (Å²) in [4.78, 5) is 8.85. The highest BCUT2D eigenvalue weighted by molar-refractivity contribution is 5.68. The third kappa shape index (κ3) is 2.65. The van der Waals surface area contributed by atoms with E-state index in [1.807, 2.05) is 12.1 Å². The quantitative estimate of drug-likeness (QED) is 0.347. The summed E-state index contributed by atoms with van der Waals surface area (Å²) in [6.07, 6.45) is 5.74. The molecule has 3 aromatic rings. The summed E-state index contributed by atoms with van der Waals surface area (Å²) >= 11 is 0. The molecule has 0 amide bonds. The van der Waals surface area contributed by atoms with Crippen LogP contribution in [-0.2, 0) is 36.5 Å². The lowest BCUT2D eigenvalue weighted by atomic mass is 9.47. The standard InChI is InChI=1S/C38H41N3O6/c1-40-11-9-35-27-19-5-7-23(42)31(27)46-33(35)29-21(15-37(35,43)25(40)13-19)22-16-38(44)26-14-20-6-8-24(45-2)32-28(20)36(38,34(47-32)30(22)39-29)10-12-41(26)17-18-3-4-18/h5-8,18,25-26,33-34,39,42-44H,3-4,9-17H2,1-2H3/t25-,26+,33+,34+,35+,36+,37-,38-/m1/s1. The van der Waals surface area contributed by atoms with Crippen LogP contribution in [-0.4, -0.2) is 87.2 Å². The van der Waals surface area contributed by atoms with E-state index < -0.39 is 34.2 Å². The highest BCUT2D eigenvalue weighted by Gasteiger charge is 2.76. The minimum absolute atomic E-state index is 0.0156. The third-order valence-corrected chi connectivity index (χ3v) is 14.9. The van der Waals surface area contributed by atoms with Gasteiger partial charge in [-0.3, -0.25) is 4.90 Å². The number of nitrogens with zero attached hydrogens (tertiary/aromatic N) is 2. The molecule has 4 N–H and O–H groups in total. The predicted octanol–water partition coefficient (Wildman–Crippen LogP) is 3.35. The molecule has 12 rings (SSSR count). The summed E-state index contributed by atoms with van der Waals surface area (Å²) in [5.74, 6) is 2.91. The first kappa shape index (κ1) is 26.7. The predicted molar refractivity (Wildman–Crippen MR) is 170 cm³/mol. The number of benzene rings is 2. The van der Waals surface area contributed by atoms with Gasteiger partial charge in [0.1, 0.15) is 0 Å². The maximum absolute atomic E-state index is 13.5. The lowest BCUT2D eigenvalue weighted by molar-refractivity contribution is -0.174. The molecule has 2 aromatic carbocycles. The number of aromatic nitrogens is 1. The van der Waals surface area contributed by atoms with Crippen molar-refractivity contribution >= 4 is 0 Å². The molecule has 5 aliphatic carbocycles. The lowest BCUT2D eigenvalue weighted by Gasteiger charge is -2.63. The first-order valence-electron chi connectivity index (χ1n) is 17.7. The van der Waals surface area contributed by atoms with Gasteiger partial charge in [0, 0.05) is 42.6 Å². The number of aromatic hydroxyl groups is 1. The molecule has 9 aliphatic rings. The number of rotatable bonds is 3. The first-order valence-corrected chi connectivity index (χ1v) is 17.7. The van der Waals surface area contributed by atoms with Gasteiger partial charge >= 0.3 is 0 Å². The van der Waals surface area contributed by atoms with Crippen molar-refractivity contribution < 1.29 is 29.5 Å². The van der Waals surface area contributed by atoms with E-state index in [-0.39, 0.29) is 17.8 Å². The van der Waals surface area contributed by atoms with Crippen LogP contribution >= 0.6 is 0 Å². The number of H-pyrrole nitrogens is 1. The fourth-order valence-corrected chi connectivity index (χ4v) is 12.8. The Labute approximate surface area is 273 Å². The van der Waals surface area contributed by atoms with Gasteiger partial charge in [-0.1, -0.05) is 12.1 Å². The molecule has 47 heavy (non-hydrogen) atoms. The van der Waals surface area contributed by atoms with Gasteiger partial charge in [0.05, 0.1) is 40.5 Å². The maximum atomic E-state index is 13.5. The van der Waals surface area contributed by atoms with Gasteiger partial charge in [-0.15, -0.1) is 0 Å². The second-order valence-electron chi connectivity index (χ2n) is 16.5. The number of methoxy groups -OCH3 is 1. The number of likely N-dealkylation sites (tertiary alicyclic amines) is 2. The van der Waals surface area contributed by atoms with Gasteiger partial charge in [-0.2, -0.15) is 0 Å². The number of aromatic amines is 1. The number of ether oxygens (including phenoxy) is 3. The van der Waals surface area contributed by atoms with E-state index in [0.717, 1.165) is 90.0 Å². The van der Waals surface area contributed by atoms with Crippen LogP contribution in [0.2, 0.25) is 0 Å².